The molecule has 0 N–H and O–H groups in total. The molecule has 222 valence electrons. The zero-order chi connectivity index (χ0) is 30.5. The molecule has 3 rings (SSSR count). The first kappa shape index (κ1) is 31.7. The van der Waals surface area contributed by atoms with E-state index >= 15 is 0 Å². The maximum Gasteiger partial charge on any atom is 0.416 e. The second kappa shape index (κ2) is 15.3. The summed E-state index contributed by atoms with van der Waals surface area (Å²) < 4.78 is 54.0. The van der Waals surface area contributed by atoms with Gasteiger partial charge in [0.25, 0.3) is 0 Å². The van der Waals surface area contributed by atoms with E-state index in [-0.39, 0.29) is 12.2 Å². The number of hydrogen-bond donors (Lipinski definition) is 0. The Kier molecular flexibility index (Phi) is 11.5. The van der Waals surface area contributed by atoms with Crippen LogP contribution in [0.15, 0.2) is 89.4 Å². The van der Waals surface area contributed by atoms with Crippen LogP contribution >= 0.6 is 0 Å². The van der Waals surface area contributed by atoms with E-state index in [1.165, 1.54) is 38.8 Å². The number of rotatable bonds is 13. The number of carbonyl (C=O) groups excluding carboxylic acids is 1. The highest BCUT2D eigenvalue weighted by molar-refractivity contribution is 6.37. The summed E-state index contributed by atoms with van der Waals surface area (Å²) in [5.41, 5.74) is 2.40. The summed E-state index contributed by atoms with van der Waals surface area (Å²) in [6.45, 7) is 4.00. The van der Waals surface area contributed by atoms with Crippen molar-refractivity contribution >= 4 is 23.5 Å². The predicted octanol–water partition coefficient (Wildman–Crippen LogP) is 6.95. The topological polar surface area (TPSA) is 87.9 Å². The molecule has 0 saturated carbocycles. The van der Waals surface area contributed by atoms with Crippen molar-refractivity contribution in [3.05, 3.63) is 107 Å². The van der Waals surface area contributed by atoms with E-state index in [1.807, 2.05) is 6.07 Å². The fraction of sp³-hybridized carbons (Fsp3) is 0.258. The average Bonchev–Trinajstić information content (AvgIpc) is 3.00. The number of benzene rings is 3. The van der Waals surface area contributed by atoms with E-state index in [9.17, 15) is 18.0 Å². The van der Waals surface area contributed by atoms with Crippen LogP contribution in [0.5, 0.6) is 5.75 Å². The van der Waals surface area contributed by atoms with Crippen LogP contribution in [0, 0.1) is 0 Å². The van der Waals surface area contributed by atoms with Crippen molar-refractivity contribution in [2.24, 2.45) is 10.3 Å². The molecule has 1 atom stereocenters. The fourth-order valence-corrected chi connectivity index (χ4v) is 3.74. The van der Waals surface area contributed by atoms with Crippen molar-refractivity contribution in [1.29, 1.82) is 0 Å². The van der Waals surface area contributed by atoms with Crippen molar-refractivity contribution in [2.75, 3.05) is 20.8 Å². The lowest BCUT2D eigenvalue weighted by Crippen LogP contribution is -2.09. The number of carbonyl (C=O) groups is 1. The largest absolute Gasteiger partial charge is 0.503 e. The molecular formula is C31H31F3N2O6. The minimum absolute atomic E-state index is 0.100. The first-order valence-electron chi connectivity index (χ1n) is 12.9. The van der Waals surface area contributed by atoms with Crippen molar-refractivity contribution in [2.45, 2.75) is 32.7 Å². The van der Waals surface area contributed by atoms with E-state index < -0.39 is 23.8 Å². The summed E-state index contributed by atoms with van der Waals surface area (Å²) in [6.07, 6.45) is -2.23. The molecule has 0 aromatic heterocycles. The standard InChI is InChI=1S/C31H31F3N2O6/c1-5-41-36-29(18-35-42-21(2)26-8-6-7-9-27(26)28(20-38-3)30(37)39-4)23-12-16-25(17-13-23)40-19-22-10-14-24(15-11-22)31(32,33)34/h6-18,20-21H,5,19H2,1-4H3. The van der Waals surface area contributed by atoms with Gasteiger partial charge in [0.1, 0.15) is 36.4 Å². The minimum Gasteiger partial charge on any atom is -0.503 e. The highest BCUT2D eigenvalue weighted by Gasteiger charge is 2.30. The lowest BCUT2D eigenvalue weighted by molar-refractivity contribution is -0.137. The van der Waals surface area contributed by atoms with Gasteiger partial charge in [-0.1, -0.05) is 46.7 Å². The highest BCUT2D eigenvalue weighted by atomic mass is 19.4. The van der Waals surface area contributed by atoms with Gasteiger partial charge in [-0.05, 0) is 61.4 Å². The van der Waals surface area contributed by atoms with Gasteiger partial charge in [0.2, 0.25) is 0 Å². The third-order valence-electron chi connectivity index (χ3n) is 5.85. The molecule has 0 spiro atoms. The molecule has 0 radical (unpaired) electrons. The van der Waals surface area contributed by atoms with Crippen LogP contribution in [0.4, 0.5) is 13.2 Å². The maximum atomic E-state index is 12.8. The molecule has 0 bridgehead atoms. The molecule has 0 aliphatic carbocycles. The Balaban J connectivity index is 1.70. The van der Waals surface area contributed by atoms with Gasteiger partial charge >= 0.3 is 12.1 Å². The lowest BCUT2D eigenvalue weighted by Gasteiger charge is -2.16. The number of esters is 1. The lowest BCUT2D eigenvalue weighted by atomic mass is 9.97. The predicted molar refractivity (Wildman–Crippen MR) is 152 cm³/mol. The number of halogens is 3. The minimum atomic E-state index is -4.39. The average molecular weight is 585 g/mol. The second-order valence-corrected chi connectivity index (χ2v) is 8.73. The number of oxime groups is 2. The van der Waals surface area contributed by atoms with E-state index in [2.05, 4.69) is 10.3 Å². The number of methoxy groups -OCH3 is 2. The summed E-state index contributed by atoms with van der Waals surface area (Å²) >= 11 is 0. The van der Waals surface area contributed by atoms with Crippen LogP contribution in [-0.2, 0) is 36.7 Å². The van der Waals surface area contributed by atoms with Crippen molar-refractivity contribution in [3.8, 4) is 5.75 Å². The molecule has 0 amide bonds. The molecule has 0 saturated heterocycles. The van der Waals surface area contributed by atoms with Gasteiger partial charge < -0.3 is 23.9 Å². The molecule has 0 fully saturated rings. The summed E-state index contributed by atoms with van der Waals surface area (Å²) in [5.74, 6) is -0.0451. The molecule has 0 aliphatic rings. The molecule has 3 aromatic rings. The Morgan fingerprint density at radius 1 is 0.976 bits per heavy atom. The Morgan fingerprint density at radius 2 is 1.67 bits per heavy atom. The Labute approximate surface area is 242 Å². The van der Waals surface area contributed by atoms with Crippen molar-refractivity contribution in [1.82, 2.24) is 0 Å². The van der Waals surface area contributed by atoms with Gasteiger partial charge in [0.05, 0.1) is 32.3 Å². The fourth-order valence-electron chi connectivity index (χ4n) is 3.74. The van der Waals surface area contributed by atoms with Crippen LogP contribution < -0.4 is 4.74 Å². The highest BCUT2D eigenvalue weighted by Crippen LogP contribution is 2.30. The number of hydrogen-bond acceptors (Lipinski definition) is 8. The molecule has 3 aromatic carbocycles. The molecule has 8 nitrogen and oxygen atoms in total. The maximum absolute atomic E-state index is 12.8. The summed E-state index contributed by atoms with van der Waals surface area (Å²) in [5, 5.41) is 8.20. The van der Waals surface area contributed by atoms with E-state index in [0.29, 0.717) is 40.3 Å². The molecule has 11 heteroatoms. The molecule has 1 unspecified atom stereocenters. The normalized spacial score (nSPS) is 13.0. The van der Waals surface area contributed by atoms with Gasteiger partial charge in [0.15, 0.2) is 0 Å². The van der Waals surface area contributed by atoms with Crippen LogP contribution in [0.3, 0.4) is 0 Å². The van der Waals surface area contributed by atoms with Crippen LogP contribution in [0.1, 0.15) is 47.8 Å². The first-order chi connectivity index (χ1) is 20.2. The zero-order valence-corrected chi connectivity index (χ0v) is 23.6. The summed E-state index contributed by atoms with van der Waals surface area (Å²) in [6, 6.07) is 18.8. The number of ether oxygens (including phenoxy) is 3. The third-order valence-corrected chi connectivity index (χ3v) is 5.85. The van der Waals surface area contributed by atoms with E-state index in [0.717, 1.165) is 12.1 Å². The van der Waals surface area contributed by atoms with Gasteiger partial charge in [-0.25, -0.2) is 4.79 Å². The molecule has 0 aliphatic heterocycles. The quantitative estimate of drug-likeness (QED) is 0.0711. The van der Waals surface area contributed by atoms with Gasteiger partial charge in [-0.15, -0.1) is 0 Å². The van der Waals surface area contributed by atoms with Crippen molar-refractivity contribution in [3.63, 3.8) is 0 Å². The Bertz CT molecular complexity index is 1400. The zero-order valence-electron chi connectivity index (χ0n) is 23.6. The number of nitrogens with zero attached hydrogens (tertiary/aromatic N) is 2. The monoisotopic (exact) mass is 584 g/mol. The van der Waals surface area contributed by atoms with Crippen LogP contribution in [0.25, 0.3) is 5.57 Å². The van der Waals surface area contributed by atoms with Gasteiger partial charge in [-0.3, -0.25) is 0 Å². The molecule has 42 heavy (non-hydrogen) atoms. The van der Waals surface area contributed by atoms with Crippen LogP contribution in [-0.4, -0.2) is 38.7 Å². The Hall–Kier alpha value is -4.80. The number of alkyl halides is 3. The second-order valence-electron chi connectivity index (χ2n) is 8.73. The van der Waals surface area contributed by atoms with Gasteiger partial charge in [0, 0.05) is 11.1 Å². The molecular weight excluding hydrogens is 553 g/mol. The smallest absolute Gasteiger partial charge is 0.416 e. The first-order valence-corrected chi connectivity index (χ1v) is 12.9. The SMILES string of the molecule is CCON=C(C=NOC(C)c1ccccc1C(=COC)C(=O)OC)c1ccc(OCc2ccc(C(F)(F)F)cc2)cc1. The van der Waals surface area contributed by atoms with Crippen molar-refractivity contribution < 1.29 is 41.9 Å². The Morgan fingerprint density at radius 3 is 2.29 bits per heavy atom. The van der Waals surface area contributed by atoms with Crippen LogP contribution in [0.2, 0.25) is 0 Å². The van der Waals surface area contributed by atoms with E-state index in [1.54, 1.807) is 56.3 Å². The summed E-state index contributed by atoms with van der Waals surface area (Å²) in [4.78, 5) is 23.2. The third kappa shape index (κ3) is 8.85. The van der Waals surface area contributed by atoms with Gasteiger partial charge in [-0.2, -0.15) is 13.2 Å². The van der Waals surface area contributed by atoms with E-state index in [4.69, 9.17) is 23.9 Å². The molecule has 0 heterocycles. The summed E-state index contributed by atoms with van der Waals surface area (Å²) in [7, 11) is 2.73.